The highest BCUT2D eigenvalue weighted by Gasteiger charge is 2.14. The van der Waals surface area contributed by atoms with E-state index in [1.807, 2.05) is 38.1 Å². The third-order valence-corrected chi connectivity index (χ3v) is 3.40. The lowest BCUT2D eigenvalue weighted by molar-refractivity contribution is 0.326. The Morgan fingerprint density at radius 3 is 2.67 bits per heavy atom. The minimum atomic E-state index is 0.700. The summed E-state index contributed by atoms with van der Waals surface area (Å²) in [6.45, 7) is 14.9. The summed E-state index contributed by atoms with van der Waals surface area (Å²) in [5, 5.41) is 0. The fourth-order valence-corrected chi connectivity index (χ4v) is 2.16. The van der Waals surface area contributed by atoms with E-state index in [1.165, 1.54) is 11.1 Å². The zero-order valence-electron chi connectivity index (χ0n) is 13.5. The van der Waals surface area contributed by atoms with E-state index in [2.05, 4.69) is 38.3 Å². The minimum absolute atomic E-state index is 0.700. The molecule has 0 unspecified atom stereocenters. The van der Waals surface area contributed by atoms with Crippen molar-refractivity contribution in [2.24, 2.45) is 0 Å². The number of ether oxygens (including phenoxy) is 1. The molecule has 2 rings (SSSR count). The molecular weight excluding hydrogens is 256 g/mol. The van der Waals surface area contributed by atoms with Gasteiger partial charge in [0.15, 0.2) is 0 Å². The second-order valence-electron chi connectivity index (χ2n) is 4.56. The van der Waals surface area contributed by atoms with Crippen LogP contribution in [0.3, 0.4) is 0 Å². The maximum absolute atomic E-state index is 5.77. The van der Waals surface area contributed by atoms with Crippen LogP contribution in [-0.4, -0.2) is 6.61 Å². The lowest BCUT2D eigenvalue weighted by Gasteiger charge is -2.07. The Bertz CT molecular complexity index is 547. The van der Waals surface area contributed by atoms with E-state index in [1.54, 1.807) is 0 Å². The quantitative estimate of drug-likeness (QED) is 0.622. The molecule has 0 N–H and O–H groups in total. The summed E-state index contributed by atoms with van der Waals surface area (Å²) in [5.74, 6) is 0.930. The Balaban J connectivity index is 0.00000106. The first-order valence-corrected chi connectivity index (χ1v) is 7.70. The van der Waals surface area contributed by atoms with Gasteiger partial charge in [0.1, 0.15) is 5.75 Å². The minimum Gasteiger partial charge on any atom is -0.493 e. The van der Waals surface area contributed by atoms with E-state index in [0.29, 0.717) is 6.61 Å². The Morgan fingerprint density at radius 2 is 2.00 bits per heavy atom. The highest BCUT2D eigenvalue weighted by molar-refractivity contribution is 5.81. The van der Waals surface area contributed by atoms with Crippen LogP contribution in [0.4, 0.5) is 0 Å². The molecule has 21 heavy (non-hydrogen) atoms. The number of hydrogen-bond donors (Lipinski definition) is 0. The maximum atomic E-state index is 5.77. The molecule has 0 saturated carbocycles. The summed E-state index contributed by atoms with van der Waals surface area (Å²) in [4.78, 5) is 0. The predicted molar refractivity (Wildman–Crippen MR) is 93.6 cm³/mol. The predicted octanol–water partition coefficient (Wildman–Crippen LogP) is 5.96. The second-order valence-corrected chi connectivity index (χ2v) is 4.56. The lowest BCUT2D eigenvalue weighted by Crippen LogP contribution is -1.94. The summed E-state index contributed by atoms with van der Waals surface area (Å²) >= 11 is 0. The van der Waals surface area contributed by atoms with Crippen molar-refractivity contribution in [2.45, 2.75) is 33.6 Å². The molecule has 0 aromatic heterocycles. The largest absolute Gasteiger partial charge is 0.493 e. The highest BCUT2D eigenvalue weighted by atomic mass is 16.5. The van der Waals surface area contributed by atoms with E-state index in [4.69, 9.17) is 4.74 Å². The third-order valence-electron chi connectivity index (χ3n) is 3.40. The molecule has 0 fully saturated rings. The normalized spacial score (nSPS) is 16.2. The van der Waals surface area contributed by atoms with Crippen LogP contribution in [0.2, 0.25) is 0 Å². The Kier molecular flexibility index (Phi) is 7.31. The molecule has 1 aliphatic rings. The molecule has 0 amide bonds. The van der Waals surface area contributed by atoms with Gasteiger partial charge in [-0.25, -0.2) is 0 Å². The summed E-state index contributed by atoms with van der Waals surface area (Å²) in [6, 6.07) is 8.08. The fraction of sp³-hybridized carbons (Fsp3) is 0.300. The number of fused-ring (bicyclic) bond motifs is 1. The average Bonchev–Trinajstić information content (AvgIpc) is 2.70. The van der Waals surface area contributed by atoms with E-state index in [9.17, 15) is 0 Å². The molecular formula is C20H26O. The van der Waals surface area contributed by atoms with Gasteiger partial charge < -0.3 is 4.74 Å². The molecule has 0 atom stereocenters. The summed E-state index contributed by atoms with van der Waals surface area (Å²) in [5.41, 5.74) is 4.62. The maximum Gasteiger partial charge on any atom is 0.127 e. The van der Waals surface area contributed by atoms with Gasteiger partial charge in [-0.1, -0.05) is 70.4 Å². The van der Waals surface area contributed by atoms with Gasteiger partial charge in [0, 0.05) is 12.0 Å². The van der Waals surface area contributed by atoms with Gasteiger partial charge in [-0.15, -0.1) is 0 Å². The van der Waals surface area contributed by atoms with Crippen LogP contribution in [0.25, 0.3) is 5.57 Å². The zero-order chi connectivity index (χ0) is 15.7. The summed E-state index contributed by atoms with van der Waals surface area (Å²) in [6.07, 6.45) is 8.06. The smallest absolute Gasteiger partial charge is 0.127 e. The highest BCUT2D eigenvalue weighted by Crippen LogP contribution is 2.34. The van der Waals surface area contributed by atoms with E-state index in [-0.39, 0.29) is 0 Å². The molecule has 112 valence electrons. The summed E-state index contributed by atoms with van der Waals surface area (Å²) < 4.78 is 5.77. The van der Waals surface area contributed by atoms with Crippen molar-refractivity contribution in [1.82, 2.24) is 0 Å². The van der Waals surface area contributed by atoms with Gasteiger partial charge in [0.25, 0.3) is 0 Å². The Labute approximate surface area is 129 Å². The van der Waals surface area contributed by atoms with Gasteiger partial charge in [-0.05, 0) is 29.2 Å². The van der Waals surface area contributed by atoms with Crippen molar-refractivity contribution in [3.05, 3.63) is 72.4 Å². The van der Waals surface area contributed by atoms with Crippen LogP contribution in [0, 0.1) is 0 Å². The van der Waals surface area contributed by atoms with E-state index in [0.717, 1.165) is 29.7 Å². The zero-order valence-corrected chi connectivity index (χ0v) is 13.5. The number of hydrogen-bond acceptors (Lipinski definition) is 1. The van der Waals surface area contributed by atoms with Gasteiger partial charge in [-0.2, -0.15) is 0 Å². The molecule has 1 aromatic carbocycles. The Morgan fingerprint density at radius 1 is 1.29 bits per heavy atom. The molecule has 0 spiro atoms. The Hall–Kier alpha value is -2.02. The first-order chi connectivity index (χ1) is 10.3. The number of rotatable bonds is 3. The lowest BCUT2D eigenvalue weighted by atomic mass is 9.97. The number of benzene rings is 1. The van der Waals surface area contributed by atoms with Crippen LogP contribution >= 0.6 is 0 Å². The van der Waals surface area contributed by atoms with Crippen LogP contribution in [-0.2, 0) is 0 Å². The molecule has 0 radical (unpaired) electrons. The van der Waals surface area contributed by atoms with Crippen LogP contribution in [0.15, 0.2) is 66.8 Å². The fourth-order valence-electron chi connectivity index (χ4n) is 2.16. The van der Waals surface area contributed by atoms with Crippen molar-refractivity contribution in [3.63, 3.8) is 0 Å². The van der Waals surface area contributed by atoms with Crippen molar-refractivity contribution in [1.29, 1.82) is 0 Å². The first kappa shape index (κ1) is 17.0. The van der Waals surface area contributed by atoms with Crippen LogP contribution < -0.4 is 4.74 Å². The molecule has 1 heteroatoms. The molecule has 0 aliphatic carbocycles. The number of allylic oxidation sites excluding steroid dienone is 5. The monoisotopic (exact) mass is 282 g/mol. The van der Waals surface area contributed by atoms with Crippen LogP contribution in [0.1, 0.15) is 39.2 Å². The standard InChI is InChI=1S/C18H20O.C2H6/c1-4-15(5-2)10-11-16-12-13-19-18-9-7-6-8-17(18)14(16)3;1-2/h4,6-11H,1,3,5,12-13H2,2H3;1-2H3/b15-10+,16-11+;. The van der Waals surface area contributed by atoms with E-state index < -0.39 is 0 Å². The molecule has 0 bridgehead atoms. The second kappa shape index (κ2) is 9.02. The van der Waals surface area contributed by atoms with Gasteiger partial charge in [0.2, 0.25) is 0 Å². The van der Waals surface area contributed by atoms with Crippen molar-refractivity contribution in [3.8, 4) is 5.75 Å². The van der Waals surface area contributed by atoms with Crippen molar-refractivity contribution in [2.75, 3.05) is 6.61 Å². The molecule has 1 aliphatic heterocycles. The van der Waals surface area contributed by atoms with Crippen molar-refractivity contribution >= 4 is 5.57 Å². The van der Waals surface area contributed by atoms with Crippen molar-refractivity contribution < 1.29 is 4.74 Å². The SMILES string of the molecule is C=C/C(=C\C=C1/CCOc2ccccc2C1=C)CC.CC. The van der Waals surface area contributed by atoms with Gasteiger partial charge in [0.05, 0.1) is 6.61 Å². The van der Waals surface area contributed by atoms with Gasteiger partial charge >= 0.3 is 0 Å². The van der Waals surface area contributed by atoms with Crippen LogP contribution in [0.5, 0.6) is 5.75 Å². The third kappa shape index (κ3) is 4.49. The van der Waals surface area contributed by atoms with E-state index >= 15 is 0 Å². The van der Waals surface area contributed by atoms with Gasteiger partial charge in [-0.3, -0.25) is 0 Å². The first-order valence-electron chi connectivity index (χ1n) is 7.70. The summed E-state index contributed by atoms with van der Waals surface area (Å²) in [7, 11) is 0. The molecule has 1 heterocycles. The number of para-hydroxylation sites is 1. The molecule has 1 aromatic rings. The molecule has 1 nitrogen and oxygen atoms in total. The topological polar surface area (TPSA) is 9.23 Å². The molecule has 0 saturated heterocycles. The average molecular weight is 282 g/mol.